The fraction of sp³-hybridized carbons (Fsp3) is 0.467. The molecule has 0 unspecified atom stereocenters. The summed E-state index contributed by atoms with van der Waals surface area (Å²) in [5.74, 6) is -0.412. The Hall–Kier alpha value is -2.08. The molecule has 0 aliphatic heterocycles. The van der Waals surface area contributed by atoms with Crippen molar-refractivity contribution in [3.63, 3.8) is 0 Å². The highest BCUT2D eigenvalue weighted by molar-refractivity contribution is 5.75. The van der Waals surface area contributed by atoms with E-state index in [0.717, 1.165) is 18.4 Å². The number of carbonyl (C=O) groups excluding carboxylic acids is 2. The Morgan fingerprint density at radius 1 is 1.24 bits per heavy atom. The van der Waals surface area contributed by atoms with Crippen molar-refractivity contribution in [3.8, 4) is 0 Å². The number of esters is 1. The molecule has 1 amide bonds. The highest BCUT2D eigenvalue weighted by atomic mass is 16.5. The zero-order valence-corrected chi connectivity index (χ0v) is 12.2. The quantitative estimate of drug-likeness (QED) is 0.561. The number of ether oxygens (including phenoxy) is 2. The molecule has 1 aromatic carbocycles. The summed E-state index contributed by atoms with van der Waals surface area (Å²) in [4.78, 5) is 22.5. The van der Waals surface area contributed by atoms with Gasteiger partial charge >= 0.3 is 12.1 Å². The topological polar surface area (TPSA) is 90.6 Å². The number of hydrogen-bond donors (Lipinski definition) is 2. The molecule has 0 spiro atoms. The minimum atomic E-state index is -0.597. The van der Waals surface area contributed by atoms with Gasteiger partial charge in [0.25, 0.3) is 0 Å². The number of nitrogens with two attached hydrogens (primary N) is 1. The Balaban J connectivity index is 2.05. The van der Waals surface area contributed by atoms with Crippen molar-refractivity contribution in [3.05, 3.63) is 35.9 Å². The van der Waals surface area contributed by atoms with Gasteiger partial charge in [-0.25, -0.2) is 4.79 Å². The van der Waals surface area contributed by atoms with Crippen molar-refractivity contribution < 1.29 is 19.1 Å². The molecule has 1 aromatic rings. The van der Waals surface area contributed by atoms with Crippen LogP contribution in [0, 0.1) is 0 Å². The molecule has 21 heavy (non-hydrogen) atoms. The molecule has 0 fully saturated rings. The lowest BCUT2D eigenvalue weighted by Crippen LogP contribution is -2.31. The Kier molecular flexibility index (Phi) is 7.89. The average molecular weight is 294 g/mol. The first-order valence-corrected chi connectivity index (χ1v) is 6.91. The van der Waals surface area contributed by atoms with Crippen LogP contribution in [0.5, 0.6) is 0 Å². The van der Waals surface area contributed by atoms with Crippen LogP contribution in [0.1, 0.15) is 24.8 Å². The Morgan fingerprint density at radius 3 is 2.62 bits per heavy atom. The lowest BCUT2D eigenvalue weighted by Gasteiger charge is -2.09. The summed E-state index contributed by atoms with van der Waals surface area (Å²) in [6, 6.07) is 8.87. The Morgan fingerprint density at radius 2 is 1.95 bits per heavy atom. The first-order valence-electron chi connectivity index (χ1n) is 6.91. The number of nitrogens with one attached hydrogen (secondary N) is 1. The van der Waals surface area contributed by atoms with Gasteiger partial charge in [0.05, 0.1) is 7.11 Å². The third-order valence-electron chi connectivity index (χ3n) is 2.93. The van der Waals surface area contributed by atoms with Gasteiger partial charge in [0, 0.05) is 6.54 Å². The molecule has 0 bridgehead atoms. The van der Waals surface area contributed by atoms with Crippen molar-refractivity contribution in [2.24, 2.45) is 5.73 Å². The number of methoxy groups -OCH3 is 1. The summed E-state index contributed by atoms with van der Waals surface area (Å²) in [7, 11) is 1.31. The summed E-state index contributed by atoms with van der Waals surface area (Å²) in [5.41, 5.74) is 6.54. The van der Waals surface area contributed by atoms with Gasteiger partial charge in [-0.05, 0) is 24.8 Å². The van der Waals surface area contributed by atoms with E-state index in [4.69, 9.17) is 10.5 Å². The normalized spacial score (nSPS) is 11.5. The lowest BCUT2D eigenvalue weighted by atomic mass is 10.1. The highest BCUT2D eigenvalue weighted by Gasteiger charge is 2.12. The van der Waals surface area contributed by atoms with E-state index >= 15 is 0 Å². The molecule has 0 aromatic heterocycles. The number of alkyl carbamates (subject to hydrolysis) is 1. The Bertz CT molecular complexity index is 437. The van der Waals surface area contributed by atoms with E-state index in [0.29, 0.717) is 13.0 Å². The van der Waals surface area contributed by atoms with Crippen molar-refractivity contribution in [2.45, 2.75) is 31.9 Å². The van der Waals surface area contributed by atoms with Crippen LogP contribution in [0.15, 0.2) is 30.3 Å². The molecule has 0 saturated carbocycles. The molecular weight excluding hydrogens is 272 g/mol. The molecule has 3 N–H and O–H groups in total. The van der Waals surface area contributed by atoms with E-state index in [9.17, 15) is 9.59 Å². The van der Waals surface area contributed by atoms with Gasteiger partial charge in [-0.15, -0.1) is 0 Å². The molecule has 1 atom stereocenters. The van der Waals surface area contributed by atoms with Gasteiger partial charge in [0.15, 0.2) is 0 Å². The fourth-order valence-corrected chi connectivity index (χ4v) is 1.72. The zero-order chi connectivity index (χ0) is 15.5. The van der Waals surface area contributed by atoms with Gasteiger partial charge in [-0.3, -0.25) is 4.79 Å². The molecule has 0 heterocycles. The van der Waals surface area contributed by atoms with Crippen LogP contribution in [-0.4, -0.2) is 31.8 Å². The highest BCUT2D eigenvalue weighted by Crippen LogP contribution is 2.02. The molecular formula is C15H22N2O4. The van der Waals surface area contributed by atoms with Crippen molar-refractivity contribution in [2.75, 3.05) is 13.7 Å². The minimum Gasteiger partial charge on any atom is -0.468 e. The number of amides is 1. The molecule has 6 nitrogen and oxygen atoms in total. The zero-order valence-electron chi connectivity index (χ0n) is 12.2. The standard InChI is InChI=1S/C15H22N2O4/c1-20-14(18)13(16)9-5-6-10-17-15(19)21-11-12-7-3-2-4-8-12/h2-4,7-8,13H,5-6,9-11,16H2,1H3,(H,17,19)/t13-/m1/s1. The van der Waals surface area contributed by atoms with Crippen LogP contribution in [0.4, 0.5) is 4.79 Å². The van der Waals surface area contributed by atoms with Crippen LogP contribution >= 0.6 is 0 Å². The molecule has 0 radical (unpaired) electrons. The maximum Gasteiger partial charge on any atom is 0.407 e. The maximum absolute atomic E-state index is 11.4. The van der Waals surface area contributed by atoms with Crippen LogP contribution in [0.25, 0.3) is 0 Å². The number of benzene rings is 1. The molecule has 6 heteroatoms. The first-order chi connectivity index (χ1) is 10.1. The predicted molar refractivity (Wildman–Crippen MR) is 78.5 cm³/mol. The summed E-state index contributed by atoms with van der Waals surface area (Å²) < 4.78 is 9.59. The van der Waals surface area contributed by atoms with E-state index in [1.807, 2.05) is 30.3 Å². The van der Waals surface area contributed by atoms with Gasteiger partial charge < -0.3 is 20.5 Å². The molecule has 0 aliphatic carbocycles. The molecule has 0 aliphatic rings. The summed E-state index contributed by atoms with van der Waals surface area (Å²) in [6.07, 6.45) is 1.55. The molecule has 1 rings (SSSR count). The summed E-state index contributed by atoms with van der Waals surface area (Å²) in [5, 5.41) is 2.65. The second-order valence-electron chi connectivity index (χ2n) is 4.61. The van der Waals surface area contributed by atoms with E-state index < -0.39 is 18.1 Å². The largest absolute Gasteiger partial charge is 0.468 e. The monoisotopic (exact) mass is 294 g/mol. The average Bonchev–Trinajstić information content (AvgIpc) is 2.52. The van der Waals surface area contributed by atoms with Gasteiger partial charge in [0.2, 0.25) is 0 Å². The van der Waals surface area contributed by atoms with Gasteiger partial charge in [0.1, 0.15) is 12.6 Å². The predicted octanol–water partition coefficient (Wildman–Crippen LogP) is 1.58. The number of hydrogen-bond acceptors (Lipinski definition) is 5. The first kappa shape index (κ1) is 17.0. The van der Waals surface area contributed by atoms with E-state index in [-0.39, 0.29) is 6.61 Å². The fourth-order valence-electron chi connectivity index (χ4n) is 1.72. The Labute approximate surface area is 124 Å². The number of rotatable bonds is 8. The van der Waals surface area contributed by atoms with Crippen LogP contribution in [-0.2, 0) is 20.9 Å². The molecule has 0 saturated heterocycles. The third kappa shape index (κ3) is 7.31. The van der Waals surface area contributed by atoms with Crippen molar-refractivity contribution in [1.82, 2.24) is 5.32 Å². The number of unbranched alkanes of at least 4 members (excludes halogenated alkanes) is 1. The third-order valence-corrected chi connectivity index (χ3v) is 2.93. The summed E-state index contributed by atoms with van der Waals surface area (Å²) in [6.45, 7) is 0.738. The van der Waals surface area contributed by atoms with Crippen LogP contribution in [0.3, 0.4) is 0 Å². The molecule has 116 valence electrons. The van der Waals surface area contributed by atoms with E-state index in [1.165, 1.54) is 7.11 Å². The van der Waals surface area contributed by atoms with Gasteiger partial charge in [-0.2, -0.15) is 0 Å². The lowest BCUT2D eigenvalue weighted by molar-refractivity contribution is -0.142. The van der Waals surface area contributed by atoms with Crippen molar-refractivity contribution in [1.29, 1.82) is 0 Å². The van der Waals surface area contributed by atoms with E-state index in [2.05, 4.69) is 10.1 Å². The second-order valence-corrected chi connectivity index (χ2v) is 4.61. The second kappa shape index (κ2) is 9.77. The summed E-state index contributed by atoms with van der Waals surface area (Å²) >= 11 is 0. The van der Waals surface area contributed by atoms with Crippen LogP contribution in [0.2, 0.25) is 0 Å². The van der Waals surface area contributed by atoms with Gasteiger partial charge in [-0.1, -0.05) is 30.3 Å². The SMILES string of the molecule is COC(=O)[C@H](N)CCCCNC(=O)OCc1ccccc1. The van der Waals surface area contributed by atoms with E-state index in [1.54, 1.807) is 0 Å². The minimum absolute atomic E-state index is 0.250. The smallest absolute Gasteiger partial charge is 0.407 e. The number of carbonyl (C=O) groups is 2. The van der Waals surface area contributed by atoms with Crippen LogP contribution < -0.4 is 11.1 Å². The van der Waals surface area contributed by atoms with Crippen molar-refractivity contribution >= 4 is 12.1 Å². The maximum atomic E-state index is 11.4.